The van der Waals surface area contributed by atoms with Crippen LogP contribution in [0.25, 0.3) is 6.08 Å². The Morgan fingerprint density at radius 1 is 1.10 bits per heavy atom. The minimum atomic E-state index is -4.22. The molecule has 0 radical (unpaired) electrons. The molecular formula is C15H16F4O. The molecule has 20 heavy (non-hydrogen) atoms. The molecule has 0 fully saturated rings. The summed E-state index contributed by atoms with van der Waals surface area (Å²) in [5.74, 6) is -8.43. The van der Waals surface area contributed by atoms with Crippen molar-refractivity contribution in [3.63, 3.8) is 0 Å². The molecule has 0 aliphatic rings. The fraction of sp³-hybridized carbons (Fsp3) is 0.333. The van der Waals surface area contributed by atoms with E-state index in [-0.39, 0.29) is 12.7 Å². The highest BCUT2D eigenvalue weighted by Gasteiger charge is 2.54. The lowest BCUT2D eigenvalue weighted by Gasteiger charge is -2.23. The normalized spacial score (nSPS) is 13.4. The van der Waals surface area contributed by atoms with Gasteiger partial charge in [0.15, 0.2) is 0 Å². The molecule has 1 rings (SSSR count). The van der Waals surface area contributed by atoms with E-state index in [9.17, 15) is 17.6 Å². The maximum atomic E-state index is 13.2. The Balaban J connectivity index is 2.42. The van der Waals surface area contributed by atoms with E-state index in [0.29, 0.717) is 0 Å². The van der Waals surface area contributed by atoms with E-state index in [2.05, 4.69) is 4.74 Å². The van der Waals surface area contributed by atoms with E-state index in [1.807, 2.05) is 30.3 Å². The van der Waals surface area contributed by atoms with Crippen molar-refractivity contribution in [1.82, 2.24) is 0 Å². The van der Waals surface area contributed by atoms with Gasteiger partial charge in [0.1, 0.15) is 6.61 Å². The first kappa shape index (κ1) is 16.4. The number of benzene rings is 1. The van der Waals surface area contributed by atoms with Crippen molar-refractivity contribution in [3.05, 3.63) is 54.1 Å². The maximum absolute atomic E-state index is 13.2. The Hall–Kier alpha value is -1.62. The zero-order valence-corrected chi connectivity index (χ0v) is 11.0. The Kier molecular flexibility index (Phi) is 5.95. The highest BCUT2D eigenvalue weighted by Crippen LogP contribution is 2.35. The van der Waals surface area contributed by atoms with Gasteiger partial charge in [0.2, 0.25) is 0 Å². The van der Waals surface area contributed by atoms with Crippen LogP contribution in [0.2, 0.25) is 0 Å². The monoisotopic (exact) mass is 288 g/mol. The quantitative estimate of drug-likeness (QED) is 0.406. The third-order valence-electron chi connectivity index (χ3n) is 2.47. The smallest absolute Gasteiger partial charge is 0.336 e. The molecule has 0 saturated carbocycles. The molecular weight excluding hydrogens is 272 g/mol. The summed E-state index contributed by atoms with van der Waals surface area (Å²) < 4.78 is 57.1. The second kappa shape index (κ2) is 7.24. The zero-order valence-electron chi connectivity index (χ0n) is 11.0. The Labute approximate surface area is 115 Å². The maximum Gasteiger partial charge on any atom is 0.336 e. The first-order chi connectivity index (χ1) is 9.39. The molecule has 0 spiro atoms. The molecule has 1 aromatic carbocycles. The third-order valence-corrected chi connectivity index (χ3v) is 2.47. The molecule has 0 amide bonds. The molecule has 110 valence electrons. The van der Waals surface area contributed by atoms with Crippen LogP contribution < -0.4 is 0 Å². The summed E-state index contributed by atoms with van der Waals surface area (Å²) in [5, 5.41) is 0. The van der Waals surface area contributed by atoms with Gasteiger partial charge in [0, 0.05) is 0 Å². The van der Waals surface area contributed by atoms with Gasteiger partial charge in [-0.3, -0.25) is 0 Å². The van der Waals surface area contributed by atoms with Crippen LogP contribution in [-0.4, -0.2) is 25.1 Å². The fourth-order valence-corrected chi connectivity index (χ4v) is 1.43. The topological polar surface area (TPSA) is 9.23 Å². The molecule has 0 bridgehead atoms. The molecule has 0 aliphatic heterocycles. The van der Waals surface area contributed by atoms with Gasteiger partial charge >= 0.3 is 11.8 Å². The van der Waals surface area contributed by atoms with Gasteiger partial charge in [-0.2, -0.15) is 17.6 Å². The van der Waals surface area contributed by atoms with E-state index >= 15 is 0 Å². The van der Waals surface area contributed by atoms with Crippen molar-refractivity contribution < 1.29 is 22.3 Å². The minimum Gasteiger partial charge on any atom is -0.371 e. The van der Waals surface area contributed by atoms with Crippen LogP contribution in [-0.2, 0) is 4.74 Å². The molecule has 0 N–H and O–H groups in total. The van der Waals surface area contributed by atoms with Crippen molar-refractivity contribution >= 4 is 6.08 Å². The first-order valence-electron chi connectivity index (χ1n) is 6.08. The molecule has 0 heterocycles. The van der Waals surface area contributed by atoms with Crippen LogP contribution in [0.4, 0.5) is 17.6 Å². The van der Waals surface area contributed by atoms with E-state index in [1.165, 1.54) is 13.0 Å². The number of allylic oxidation sites excluding steroid dienone is 2. The van der Waals surface area contributed by atoms with Crippen molar-refractivity contribution in [2.24, 2.45) is 0 Å². The average molecular weight is 288 g/mol. The van der Waals surface area contributed by atoms with Crippen LogP contribution in [0.3, 0.4) is 0 Å². The summed E-state index contributed by atoms with van der Waals surface area (Å²) in [6, 6.07) is 9.15. The SMILES string of the molecule is C/C=C/C(F)(F)C(F)(F)COC/C=C/c1ccccc1. The second-order valence-electron chi connectivity index (χ2n) is 4.16. The Morgan fingerprint density at radius 3 is 2.35 bits per heavy atom. The summed E-state index contributed by atoms with van der Waals surface area (Å²) in [6.45, 7) is -0.229. The summed E-state index contributed by atoms with van der Waals surface area (Å²) in [4.78, 5) is 0. The van der Waals surface area contributed by atoms with Gasteiger partial charge in [-0.15, -0.1) is 0 Å². The molecule has 5 heteroatoms. The summed E-state index contributed by atoms with van der Waals surface area (Å²) in [6.07, 6.45) is 4.24. The Morgan fingerprint density at radius 2 is 1.75 bits per heavy atom. The average Bonchev–Trinajstić information content (AvgIpc) is 2.39. The zero-order chi connectivity index (χ0) is 15.1. The third kappa shape index (κ3) is 4.81. The standard InChI is InChI=1S/C15H16F4O/c1-2-10-14(16,17)15(18,19)12-20-11-6-9-13-7-4-3-5-8-13/h2-10H,11-12H2,1H3/b9-6+,10-2+. The number of halogens is 4. The van der Waals surface area contributed by atoms with Crippen molar-refractivity contribution in [1.29, 1.82) is 0 Å². The molecule has 0 aromatic heterocycles. The molecule has 0 aliphatic carbocycles. The van der Waals surface area contributed by atoms with E-state index < -0.39 is 18.5 Å². The number of rotatable bonds is 7. The van der Waals surface area contributed by atoms with Crippen molar-refractivity contribution in [3.8, 4) is 0 Å². The number of ether oxygens (including phenoxy) is 1. The number of hydrogen-bond donors (Lipinski definition) is 0. The lowest BCUT2D eigenvalue weighted by Crippen LogP contribution is -2.42. The Bertz CT molecular complexity index is 452. The van der Waals surface area contributed by atoms with Crippen LogP contribution in [0.15, 0.2) is 48.6 Å². The highest BCUT2D eigenvalue weighted by atomic mass is 19.3. The van der Waals surface area contributed by atoms with Crippen molar-refractivity contribution in [2.75, 3.05) is 13.2 Å². The van der Waals surface area contributed by atoms with Crippen molar-refractivity contribution in [2.45, 2.75) is 18.8 Å². The van der Waals surface area contributed by atoms with E-state index in [0.717, 1.165) is 11.6 Å². The molecule has 1 nitrogen and oxygen atoms in total. The second-order valence-corrected chi connectivity index (χ2v) is 4.16. The predicted molar refractivity (Wildman–Crippen MR) is 71.0 cm³/mol. The summed E-state index contributed by atoms with van der Waals surface area (Å²) in [7, 11) is 0. The van der Waals surface area contributed by atoms with E-state index in [4.69, 9.17) is 0 Å². The summed E-state index contributed by atoms with van der Waals surface area (Å²) in [5.41, 5.74) is 0.877. The van der Waals surface area contributed by atoms with Gasteiger partial charge in [-0.25, -0.2) is 0 Å². The van der Waals surface area contributed by atoms with Gasteiger partial charge in [-0.05, 0) is 18.6 Å². The highest BCUT2D eigenvalue weighted by molar-refractivity contribution is 5.48. The minimum absolute atomic E-state index is 0.156. The molecule has 0 saturated heterocycles. The van der Waals surface area contributed by atoms with Gasteiger partial charge in [0.25, 0.3) is 0 Å². The van der Waals surface area contributed by atoms with Crippen LogP contribution in [0, 0.1) is 0 Å². The number of alkyl halides is 4. The first-order valence-corrected chi connectivity index (χ1v) is 6.08. The number of hydrogen-bond acceptors (Lipinski definition) is 1. The summed E-state index contributed by atoms with van der Waals surface area (Å²) >= 11 is 0. The van der Waals surface area contributed by atoms with Crippen LogP contribution >= 0.6 is 0 Å². The lowest BCUT2D eigenvalue weighted by molar-refractivity contribution is -0.205. The fourth-order valence-electron chi connectivity index (χ4n) is 1.43. The van der Waals surface area contributed by atoms with Crippen LogP contribution in [0.1, 0.15) is 12.5 Å². The van der Waals surface area contributed by atoms with Gasteiger partial charge in [0.05, 0.1) is 6.61 Å². The molecule has 1 aromatic rings. The van der Waals surface area contributed by atoms with Crippen LogP contribution in [0.5, 0.6) is 0 Å². The molecule has 0 unspecified atom stereocenters. The van der Waals surface area contributed by atoms with Gasteiger partial charge in [-0.1, -0.05) is 48.6 Å². The van der Waals surface area contributed by atoms with E-state index in [1.54, 1.807) is 6.08 Å². The predicted octanol–water partition coefficient (Wildman–Crippen LogP) is 4.56. The molecule has 0 atom stereocenters. The lowest BCUT2D eigenvalue weighted by atomic mass is 10.1. The largest absolute Gasteiger partial charge is 0.371 e. The van der Waals surface area contributed by atoms with Gasteiger partial charge < -0.3 is 4.74 Å².